The van der Waals surface area contributed by atoms with E-state index < -0.39 is 0 Å². The van der Waals surface area contributed by atoms with Crippen molar-refractivity contribution in [3.63, 3.8) is 0 Å². The summed E-state index contributed by atoms with van der Waals surface area (Å²) < 4.78 is 11.0. The van der Waals surface area contributed by atoms with Crippen LogP contribution in [0.2, 0.25) is 10.0 Å². The molecule has 184 valence electrons. The zero-order chi connectivity index (χ0) is 24.1. The highest BCUT2D eigenvalue weighted by Crippen LogP contribution is 2.33. The minimum atomic E-state index is -0.200. The number of nitrogens with zero attached hydrogens (tertiary/aromatic N) is 2. The van der Waals surface area contributed by atoms with Crippen molar-refractivity contribution in [1.82, 2.24) is 4.90 Å². The number of likely N-dealkylation sites (tertiary alicyclic amines) is 1. The summed E-state index contributed by atoms with van der Waals surface area (Å²) in [7, 11) is 1.43. The minimum Gasteiger partial charge on any atom is -0.490 e. The Balaban J connectivity index is 1.19. The van der Waals surface area contributed by atoms with Crippen LogP contribution in [0.1, 0.15) is 36.8 Å². The molecule has 2 aliphatic rings. The molecule has 0 atom stereocenters. The minimum absolute atomic E-state index is 0.200. The number of hydrogen-bond donors (Lipinski definition) is 0. The van der Waals surface area contributed by atoms with Crippen molar-refractivity contribution in [1.29, 1.82) is 0 Å². The summed E-state index contributed by atoms with van der Waals surface area (Å²) in [5.74, 6) is 1.39. The van der Waals surface area contributed by atoms with Crippen molar-refractivity contribution in [3.8, 4) is 5.75 Å². The number of esters is 1. The van der Waals surface area contributed by atoms with Gasteiger partial charge in [-0.2, -0.15) is 0 Å². The van der Waals surface area contributed by atoms with Crippen LogP contribution in [0.4, 0.5) is 5.69 Å². The summed E-state index contributed by atoms with van der Waals surface area (Å²) in [6.07, 6.45) is 5.06. The van der Waals surface area contributed by atoms with Gasteiger partial charge in [-0.25, -0.2) is 0 Å². The van der Waals surface area contributed by atoms with Crippen LogP contribution >= 0.6 is 23.2 Å². The topological polar surface area (TPSA) is 42.0 Å². The maximum Gasteiger partial charge on any atom is 0.309 e. The van der Waals surface area contributed by atoms with Gasteiger partial charge in [0.25, 0.3) is 0 Å². The molecule has 2 aromatic rings. The van der Waals surface area contributed by atoms with E-state index >= 15 is 0 Å². The second-order valence-electron chi connectivity index (χ2n) is 9.45. The second-order valence-corrected chi connectivity index (χ2v) is 10.2. The van der Waals surface area contributed by atoms with Crippen molar-refractivity contribution in [2.75, 3.05) is 44.7 Å². The van der Waals surface area contributed by atoms with Gasteiger partial charge in [0.05, 0.1) is 23.6 Å². The smallest absolute Gasteiger partial charge is 0.309 e. The summed E-state index contributed by atoms with van der Waals surface area (Å²) in [6.45, 7) is 7.44. The Labute approximate surface area is 212 Å². The highest BCUT2D eigenvalue weighted by molar-refractivity contribution is 6.42. The Morgan fingerprint density at radius 3 is 2.29 bits per heavy atom. The van der Waals surface area contributed by atoms with E-state index in [4.69, 9.17) is 32.7 Å². The molecular weight excluding hydrogens is 471 g/mol. The molecule has 2 heterocycles. The summed E-state index contributed by atoms with van der Waals surface area (Å²) in [6, 6.07) is 12.0. The van der Waals surface area contributed by atoms with Crippen LogP contribution in [0, 0.1) is 12.8 Å². The molecule has 0 saturated carbocycles. The summed E-state index contributed by atoms with van der Waals surface area (Å²) in [4.78, 5) is 16.5. The highest BCUT2D eigenvalue weighted by atomic mass is 35.5. The van der Waals surface area contributed by atoms with Crippen LogP contribution in [0.3, 0.4) is 0 Å². The number of methoxy groups -OCH3 is 1. The normalized spacial score (nSPS) is 18.2. The van der Waals surface area contributed by atoms with Crippen molar-refractivity contribution in [2.24, 2.45) is 5.92 Å². The molecule has 2 aromatic carbocycles. The first-order valence-electron chi connectivity index (χ1n) is 12.2. The lowest BCUT2D eigenvalue weighted by Crippen LogP contribution is -2.43. The molecular formula is C27H34Cl2N2O3. The summed E-state index contributed by atoms with van der Waals surface area (Å²) in [5, 5.41) is 1.16. The molecule has 0 spiro atoms. The maximum atomic E-state index is 11.5. The van der Waals surface area contributed by atoms with Crippen LogP contribution in [0.25, 0.3) is 0 Å². The molecule has 0 aliphatic carbocycles. The van der Waals surface area contributed by atoms with Crippen LogP contribution < -0.4 is 9.64 Å². The second kappa shape index (κ2) is 11.7. The van der Waals surface area contributed by atoms with Crippen molar-refractivity contribution >= 4 is 34.9 Å². The molecule has 0 bridgehead atoms. The third kappa shape index (κ3) is 6.38. The Morgan fingerprint density at radius 2 is 1.65 bits per heavy atom. The number of rotatable bonds is 7. The first-order valence-corrected chi connectivity index (χ1v) is 12.9. The van der Waals surface area contributed by atoms with Gasteiger partial charge in [-0.05, 0) is 68.4 Å². The molecule has 0 amide bonds. The number of carbonyl (C=O) groups is 1. The first-order chi connectivity index (χ1) is 16.4. The lowest BCUT2D eigenvalue weighted by molar-refractivity contribution is -0.139. The van der Waals surface area contributed by atoms with Gasteiger partial charge in [0.15, 0.2) is 0 Å². The quantitative estimate of drug-likeness (QED) is 0.447. The average molecular weight is 505 g/mol. The van der Waals surface area contributed by atoms with E-state index in [9.17, 15) is 4.79 Å². The number of carbonyl (C=O) groups excluding carboxylic acids is 1. The van der Waals surface area contributed by atoms with Crippen molar-refractivity contribution < 1.29 is 14.3 Å². The number of halogens is 2. The molecule has 2 aliphatic heterocycles. The van der Waals surface area contributed by atoms with Gasteiger partial charge in [0.1, 0.15) is 11.9 Å². The zero-order valence-electron chi connectivity index (χ0n) is 20.1. The van der Waals surface area contributed by atoms with Crippen LogP contribution in [-0.4, -0.2) is 56.8 Å². The molecule has 2 fully saturated rings. The van der Waals surface area contributed by atoms with Gasteiger partial charge < -0.3 is 19.3 Å². The number of benzene rings is 2. The molecule has 0 aromatic heterocycles. The Kier molecular flexibility index (Phi) is 8.62. The Hall–Kier alpha value is -1.95. The first kappa shape index (κ1) is 25.2. The van der Waals surface area contributed by atoms with Crippen molar-refractivity contribution in [2.45, 2.75) is 45.1 Å². The molecule has 7 heteroatoms. The number of anilines is 1. The van der Waals surface area contributed by atoms with Gasteiger partial charge in [-0.15, -0.1) is 0 Å². The average Bonchev–Trinajstić information content (AvgIpc) is 2.86. The third-order valence-corrected chi connectivity index (χ3v) is 8.03. The number of ether oxygens (including phenoxy) is 2. The summed E-state index contributed by atoms with van der Waals surface area (Å²) in [5.41, 5.74) is 3.15. The van der Waals surface area contributed by atoms with E-state index in [0.29, 0.717) is 16.5 Å². The number of hydrogen-bond acceptors (Lipinski definition) is 5. The van der Waals surface area contributed by atoms with Gasteiger partial charge in [0.2, 0.25) is 0 Å². The zero-order valence-corrected chi connectivity index (χ0v) is 21.6. The molecule has 2 saturated heterocycles. The highest BCUT2D eigenvalue weighted by Gasteiger charge is 2.26. The standard InChI is InChI=1S/C27H34Cl2N2O3/c1-19-25(8-7-24(28)27(19)29)34-23-11-13-30(14-12-23)18-21-9-15-31(16-10-21)22-5-3-20(4-6-22)17-26(32)33-2/h3-8,21,23H,9-18H2,1-2H3. The van der Waals surface area contributed by atoms with Crippen LogP contribution in [0.5, 0.6) is 5.75 Å². The maximum absolute atomic E-state index is 11.5. The third-order valence-electron chi connectivity index (χ3n) is 7.13. The molecule has 4 rings (SSSR count). The van der Waals surface area contributed by atoms with E-state index in [1.165, 1.54) is 32.2 Å². The van der Waals surface area contributed by atoms with Crippen molar-refractivity contribution in [3.05, 3.63) is 57.6 Å². The molecule has 0 unspecified atom stereocenters. The van der Waals surface area contributed by atoms with Gasteiger partial charge in [-0.3, -0.25) is 4.79 Å². The molecule has 0 N–H and O–H groups in total. The molecule has 5 nitrogen and oxygen atoms in total. The van der Waals surface area contributed by atoms with E-state index in [2.05, 4.69) is 21.9 Å². The monoisotopic (exact) mass is 504 g/mol. The molecule has 34 heavy (non-hydrogen) atoms. The van der Waals surface area contributed by atoms with E-state index in [0.717, 1.165) is 61.8 Å². The molecule has 0 radical (unpaired) electrons. The van der Waals surface area contributed by atoms with Gasteiger partial charge >= 0.3 is 5.97 Å². The Morgan fingerprint density at radius 1 is 0.971 bits per heavy atom. The fourth-order valence-corrected chi connectivity index (χ4v) is 5.31. The predicted molar refractivity (Wildman–Crippen MR) is 138 cm³/mol. The lowest BCUT2D eigenvalue weighted by Gasteiger charge is -2.38. The fourth-order valence-electron chi connectivity index (χ4n) is 4.95. The largest absolute Gasteiger partial charge is 0.490 e. The van der Waals surface area contributed by atoms with E-state index in [1.807, 2.05) is 31.2 Å². The van der Waals surface area contributed by atoms with Crippen LogP contribution in [-0.2, 0) is 16.0 Å². The SMILES string of the molecule is COC(=O)Cc1ccc(N2CCC(CN3CCC(Oc4ccc(Cl)c(Cl)c4C)CC3)CC2)cc1. The fraction of sp³-hybridized carbons (Fsp3) is 0.519. The van der Waals surface area contributed by atoms with Gasteiger partial charge in [-0.1, -0.05) is 35.3 Å². The summed E-state index contributed by atoms with van der Waals surface area (Å²) >= 11 is 12.4. The number of piperidine rings is 2. The lowest BCUT2D eigenvalue weighted by atomic mass is 9.94. The van der Waals surface area contributed by atoms with E-state index in [1.54, 1.807) is 0 Å². The van der Waals surface area contributed by atoms with Crippen LogP contribution in [0.15, 0.2) is 36.4 Å². The Bertz CT molecular complexity index is 967. The van der Waals surface area contributed by atoms with Gasteiger partial charge in [0, 0.05) is 44.0 Å². The van der Waals surface area contributed by atoms with E-state index in [-0.39, 0.29) is 12.1 Å². The predicted octanol–water partition coefficient (Wildman–Crippen LogP) is 5.78.